The number of fused-ring (bicyclic) bond motifs is 2. The lowest BCUT2D eigenvalue weighted by atomic mass is 9.87. The van der Waals surface area contributed by atoms with E-state index >= 15 is 0 Å². The molecular weight excluding hydrogens is 420 g/mol. The molecule has 166 valence electrons. The van der Waals surface area contributed by atoms with Crippen LogP contribution in [0.3, 0.4) is 0 Å². The van der Waals surface area contributed by atoms with E-state index < -0.39 is 0 Å². The molecule has 0 radical (unpaired) electrons. The fraction of sp³-hybridized carbons (Fsp3) is 0.0968. The Morgan fingerprint density at radius 3 is 1.62 bits per heavy atom. The lowest BCUT2D eigenvalue weighted by molar-refractivity contribution is 0.100. The van der Waals surface area contributed by atoms with E-state index in [2.05, 4.69) is 0 Å². The average Bonchev–Trinajstić information content (AvgIpc) is 2.87. The summed E-state index contributed by atoms with van der Waals surface area (Å²) >= 11 is 0. The third kappa shape index (κ3) is 3.56. The third-order valence-electron chi connectivity index (χ3n) is 6.44. The van der Waals surface area contributed by atoms with Crippen LogP contribution in [-0.2, 0) is 0 Å². The van der Waals surface area contributed by atoms with Gasteiger partial charge in [-0.05, 0) is 64.7 Å². The van der Waals surface area contributed by atoms with Gasteiger partial charge in [0.25, 0.3) is 0 Å². The second-order valence-corrected chi connectivity index (χ2v) is 8.53. The van der Waals surface area contributed by atoms with Crippen molar-refractivity contribution in [1.82, 2.24) is 0 Å². The molecule has 0 saturated carbocycles. The van der Waals surface area contributed by atoms with Crippen molar-refractivity contribution >= 4 is 33.1 Å². The quantitative estimate of drug-likeness (QED) is 0.272. The molecule has 5 aromatic rings. The van der Waals surface area contributed by atoms with Crippen LogP contribution in [0.25, 0.3) is 21.5 Å². The van der Waals surface area contributed by atoms with Gasteiger partial charge in [0.05, 0.1) is 7.11 Å². The van der Waals surface area contributed by atoms with Gasteiger partial charge < -0.3 is 4.74 Å². The van der Waals surface area contributed by atoms with Crippen molar-refractivity contribution in [2.45, 2.75) is 13.8 Å². The minimum absolute atomic E-state index is 0.168. The topological polar surface area (TPSA) is 43.4 Å². The monoisotopic (exact) mass is 444 g/mol. The fourth-order valence-electron chi connectivity index (χ4n) is 4.67. The molecule has 0 saturated heterocycles. The van der Waals surface area contributed by atoms with Gasteiger partial charge >= 0.3 is 0 Å². The molecule has 3 nitrogen and oxygen atoms in total. The smallest absolute Gasteiger partial charge is 0.194 e. The second-order valence-electron chi connectivity index (χ2n) is 8.53. The molecule has 0 N–H and O–H groups in total. The Bertz CT molecular complexity index is 1590. The number of hydrogen-bond donors (Lipinski definition) is 0. The van der Waals surface area contributed by atoms with Gasteiger partial charge in [-0.3, -0.25) is 9.59 Å². The van der Waals surface area contributed by atoms with Crippen LogP contribution in [0.15, 0.2) is 91.0 Å². The van der Waals surface area contributed by atoms with E-state index in [1.54, 1.807) is 25.3 Å². The standard InChI is InChI=1S/C31H24O3/c1-19-12-14-21-8-4-6-10-24(21)28(19)30(32)26-17-16-23(34-3)18-27(26)31(33)29-20(2)13-15-22-9-5-7-11-25(22)29/h4-18H,1-3H3. The molecule has 0 aliphatic heterocycles. The summed E-state index contributed by atoms with van der Waals surface area (Å²) in [6, 6.07) is 28.7. The molecule has 0 atom stereocenters. The highest BCUT2D eigenvalue weighted by Gasteiger charge is 2.25. The summed E-state index contributed by atoms with van der Waals surface area (Å²) in [6.07, 6.45) is 0. The lowest BCUT2D eigenvalue weighted by Gasteiger charge is -2.15. The van der Waals surface area contributed by atoms with Gasteiger partial charge in [-0.25, -0.2) is 0 Å². The van der Waals surface area contributed by atoms with Crippen LogP contribution in [0.2, 0.25) is 0 Å². The van der Waals surface area contributed by atoms with Crippen molar-refractivity contribution in [2.75, 3.05) is 7.11 Å². The summed E-state index contributed by atoms with van der Waals surface area (Å²) in [5.74, 6) is 0.181. The summed E-state index contributed by atoms with van der Waals surface area (Å²) in [7, 11) is 1.56. The van der Waals surface area contributed by atoms with Crippen LogP contribution < -0.4 is 4.74 Å². The number of ketones is 2. The second kappa shape index (κ2) is 8.60. The Labute approximate surface area is 198 Å². The number of aryl methyl sites for hydroxylation is 2. The summed E-state index contributed by atoms with van der Waals surface area (Å²) in [6.45, 7) is 3.86. The largest absolute Gasteiger partial charge is 0.497 e. The van der Waals surface area contributed by atoms with Gasteiger partial charge in [-0.2, -0.15) is 0 Å². The highest BCUT2D eigenvalue weighted by Crippen LogP contribution is 2.31. The molecule has 5 rings (SSSR count). The number of ether oxygens (including phenoxy) is 1. The molecule has 0 unspecified atom stereocenters. The van der Waals surface area contributed by atoms with E-state index in [0.29, 0.717) is 28.0 Å². The van der Waals surface area contributed by atoms with Gasteiger partial charge in [0.2, 0.25) is 0 Å². The summed E-state index contributed by atoms with van der Waals surface area (Å²) in [5.41, 5.74) is 3.68. The first kappa shape index (κ1) is 21.6. The van der Waals surface area contributed by atoms with E-state index in [0.717, 1.165) is 32.7 Å². The predicted molar refractivity (Wildman–Crippen MR) is 137 cm³/mol. The zero-order chi connectivity index (χ0) is 23.8. The van der Waals surface area contributed by atoms with Crippen molar-refractivity contribution in [3.05, 3.63) is 124 Å². The maximum absolute atomic E-state index is 14.0. The molecule has 3 heteroatoms. The number of rotatable bonds is 5. The van der Waals surface area contributed by atoms with E-state index in [-0.39, 0.29) is 11.6 Å². The van der Waals surface area contributed by atoms with Crippen LogP contribution in [0, 0.1) is 13.8 Å². The summed E-state index contributed by atoms with van der Waals surface area (Å²) in [4.78, 5) is 28.0. The lowest BCUT2D eigenvalue weighted by Crippen LogP contribution is -2.14. The minimum atomic E-state index is -0.186. The molecular formula is C31H24O3. The minimum Gasteiger partial charge on any atom is -0.497 e. The van der Waals surface area contributed by atoms with Crippen molar-refractivity contribution in [3.8, 4) is 5.75 Å². The number of hydrogen-bond acceptors (Lipinski definition) is 3. The van der Waals surface area contributed by atoms with E-state index in [1.807, 2.05) is 86.6 Å². The molecule has 0 fully saturated rings. The molecule has 0 heterocycles. The number of carbonyl (C=O) groups is 2. The Morgan fingerprint density at radius 1 is 0.588 bits per heavy atom. The Kier molecular flexibility index (Phi) is 5.46. The van der Waals surface area contributed by atoms with Crippen LogP contribution in [-0.4, -0.2) is 18.7 Å². The zero-order valence-electron chi connectivity index (χ0n) is 19.4. The van der Waals surface area contributed by atoms with Gasteiger partial charge in [0, 0.05) is 22.3 Å². The maximum Gasteiger partial charge on any atom is 0.194 e. The first-order valence-corrected chi connectivity index (χ1v) is 11.2. The van der Waals surface area contributed by atoms with Crippen molar-refractivity contribution in [1.29, 1.82) is 0 Å². The zero-order valence-corrected chi connectivity index (χ0v) is 19.4. The number of methoxy groups -OCH3 is 1. The van der Waals surface area contributed by atoms with Crippen LogP contribution >= 0.6 is 0 Å². The van der Waals surface area contributed by atoms with Crippen molar-refractivity contribution < 1.29 is 14.3 Å². The van der Waals surface area contributed by atoms with Gasteiger partial charge in [-0.1, -0.05) is 72.8 Å². The highest BCUT2D eigenvalue weighted by atomic mass is 16.5. The Morgan fingerprint density at radius 2 is 1.09 bits per heavy atom. The molecule has 0 spiro atoms. The van der Waals surface area contributed by atoms with E-state index in [9.17, 15) is 9.59 Å². The SMILES string of the molecule is COc1ccc(C(=O)c2c(C)ccc3ccccc23)c(C(=O)c2c(C)ccc3ccccc23)c1. The van der Waals surface area contributed by atoms with Gasteiger partial charge in [-0.15, -0.1) is 0 Å². The van der Waals surface area contributed by atoms with Crippen molar-refractivity contribution in [2.24, 2.45) is 0 Å². The molecule has 0 bridgehead atoms. The first-order valence-electron chi connectivity index (χ1n) is 11.2. The van der Waals surface area contributed by atoms with E-state index in [4.69, 9.17) is 4.74 Å². The van der Waals surface area contributed by atoms with Crippen molar-refractivity contribution in [3.63, 3.8) is 0 Å². The third-order valence-corrected chi connectivity index (χ3v) is 6.44. The van der Waals surface area contributed by atoms with Crippen LogP contribution in [0.1, 0.15) is 43.0 Å². The number of benzene rings is 5. The summed E-state index contributed by atoms with van der Waals surface area (Å²) in [5, 5.41) is 3.72. The molecule has 0 aromatic heterocycles. The highest BCUT2D eigenvalue weighted by molar-refractivity contribution is 6.25. The average molecular weight is 445 g/mol. The number of carbonyl (C=O) groups excluding carboxylic acids is 2. The van der Waals surface area contributed by atoms with Gasteiger partial charge in [0.15, 0.2) is 11.6 Å². The molecule has 34 heavy (non-hydrogen) atoms. The van der Waals surface area contributed by atoms with Crippen LogP contribution in [0.5, 0.6) is 5.75 Å². The van der Waals surface area contributed by atoms with Crippen LogP contribution in [0.4, 0.5) is 0 Å². The Hall–Kier alpha value is -4.24. The molecule has 0 amide bonds. The van der Waals surface area contributed by atoms with Gasteiger partial charge in [0.1, 0.15) is 5.75 Å². The molecule has 0 aliphatic carbocycles. The fourth-order valence-corrected chi connectivity index (χ4v) is 4.67. The van der Waals surface area contributed by atoms with E-state index in [1.165, 1.54) is 0 Å². The molecule has 0 aliphatic rings. The maximum atomic E-state index is 14.0. The predicted octanol–water partition coefficient (Wildman–Crippen LogP) is 7.08. The molecule has 5 aromatic carbocycles. The first-order chi connectivity index (χ1) is 16.5. The normalized spacial score (nSPS) is 11.0. The summed E-state index contributed by atoms with van der Waals surface area (Å²) < 4.78 is 5.43. The Balaban J connectivity index is 1.74.